The summed E-state index contributed by atoms with van der Waals surface area (Å²) in [4.78, 5) is 0. The molecule has 0 spiro atoms. The Balaban J connectivity index is -0.0000000428. The topological polar surface area (TPSA) is 40.1 Å². The summed E-state index contributed by atoms with van der Waals surface area (Å²) in [7, 11) is 0. The van der Waals surface area contributed by atoms with Crippen molar-refractivity contribution in [1.82, 2.24) is 0 Å². The first-order valence-electron chi connectivity index (χ1n) is 3.61. The van der Waals surface area contributed by atoms with Crippen molar-refractivity contribution in [3.63, 3.8) is 0 Å². The van der Waals surface area contributed by atoms with Gasteiger partial charge >= 0.3 is 19.5 Å². The molecular formula is C8H21N2Rh. The molecule has 2 nitrogen and oxygen atoms in total. The van der Waals surface area contributed by atoms with E-state index in [1.165, 1.54) is 0 Å². The maximum absolute atomic E-state index is 5.24. The third-order valence-corrected chi connectivity index (χ3v) is 0.471. The van der Waals surface area contributed by atoms with Gasteiger partial charge in [-0.05, 0) is 0 Å². The van der Waals surface area contributed by atoms with Gasteiger partial charge in [-0.2, -0.15) is 20.4 Å². The van der Waals surface area contributed by atoms with Gasteiger partial charge in [-0.25, -0.2) is 0 Å². The molecule has 1 atom stereocenters. The average molecular weight is 248 g/mol. The predicted octanol–water partition coefficient (Wildman–Crippen LogP) is 2.36. The summed E-state index contributed by atoms with van der Waals surface area (Å²) in [6, 6.07) is 0. The third-order valence-electron chi connectivity index (χ3n) is 0.471. The van der Waals surface area contributed by atoms with Crippen LogP contribution in [0.1, 0.15) is 27.7 Å². The third kappa shape index (κ3) is 61.3. The fraction of sp³-hybridized carbons (Fsp3) is 0.750. The summed E-state index contributed by atoms with van der Waals surface area (Å²) in [5.74, 6) is 0. The van der Waals surface area contributed by atoms with Gasteiger partial charge in [-0.1, -0.05) is 20.0 Å². The molecule has 0 aromatic carbocycles. The molecule has 0 aliphatic carbocycles. The molecule has 0 aliphatic heterocycles. The van der Waals surface area contributed by atoms with Gasteiger partial charge in [0.05, 0.1) is 0 Å². The number of nitrogens with zero attached hydrogens (tertiary/aromatic N) is 1. The van der Waals surface area contributed by atoms with Gasteiger partial charge in [0.1, 0.15) is 0 Å². The van der Waals surface area contributed by atoms with E-state index in [9.17, 15) is 0 Å². The van der Waals surface area contributed by atoms with E-state index in [1.54, 1.807) is 13.8 Å². The van der Waals surface area contributed by atoms with Crippen molar-refractivity contribution in [3.8, 4) is 0 Å². The van der Waals surface area contributed by atoms with Crippen LogP contribution in [0.15, 0.2) is 0 Å². The van der Waals surface area contributed by atoms with Crippen LogP contribution in [0, 0.1) is 13.8 Å². The Morgan fingerprint density at radius 2 is 1.55 bits per heavy atom. The van der Waals surface area contributed by atoms with E-state index >= 15 is 0 Å². The smallest absolute Gasteiger partial charge is 0.648 e. The minimum atomic E-state index is 0. The van der Waals surface area contributed by atoms with Gasteiger partial charge in [0.2, 0.25) is 0 Å². The number of rotatable bonds is 2. The maximum atomic E-state index is 5.24. The summed E-state index contributed by atoms with van der Waals surface area (Å²) in [6.07, 6.45) is 0.0231. The Bertz CT molecular complexity index is 33.3. The zero-order chi connectivity index (χ0) is 8.99. The van der Waals surface area contributed by atoms with Crippen LogP contribution in [-0.2, 0) is 19.5 Å². The van der Waals surface area contributed by atoms with Gasteiger partial charge in [0, 0.05) is 0 Å². The zero-order valence-electron chi connectivity index (χ0n) is 8.06. The van der Waals surface area contributed by atoms with E-state index in [4.69, 9.17) is 5.73 Å². The molecule has 72 valence electrons. The summed E-state index contributed by atoms with van der Waals surface area (Å²) >= 11 is 0. The molecule has 11 heavy (non-hydrogen) atoms. The largest absolute Gasteiger partial charge is 3.00 e. The fourth-order valence-corrected chi connectivity index (χ4v) is 0.288. The molecule has 0 bridgehead atoms. The minimum absolute atomic E-state index is 0. The summed E-state index contributed by atoms with van der Waals surface area (Å²) < 4.78 is 0. The molecule has 0 rings (SSSR count). The minimum Gasteiger partial charge on any atom is -0.648 e. The summed E-state index contributed by atoms with van der Waals surface area (Å²) in [5, 5.41) is 3.90. The predicted molar refractivity (Wildman–Crippen MR) is 49.6 cm³/mol. The van der Waals surface area contributed by atoms with E-state index in [2.05, 4.69) is 19.2 Å². The molecule has 0 radical (unpaired) electrons. The van der Waals surface area contributed by atoms with Crippen LogP contribution in [0.5, 0.6) is 0 Å². The first-order chi connectivity index (χ1) is 4.77. The van der Waals surface area contributed by atoms with E-state index < -0.39 is 0 Å². The normalized spacial score (nSPS) is 9.00. The molecule has 1 unspecified atom stereocenters. The number of nitrogens with two attached hydrogens (primary N) is 1. The van der Waals surface area contributed by atoms with Gasteiger partial charge in [0.15, 0.2) is 0 Å². The standard InChI is InChI=1S/C4H11N2.2C2H5.Rh/c1-3-6-4(2)5;2*1-2;/h4H,3,5H2,1-2H3;2*1H2,2H3;/q3*-1;+3. The van der Waals surface area contributed by atoms with Crippen molar-refractivity contribution < 1.29 is 19.5 Å². The van der Waals surface area contributed by atoms with Crippen molar-refractivity contribution in [1.29, 1.82) is 0 Å². The summed E-state index contributed by atoms with van der Waals surface area (Å²) in [5.41, 5.74) is 5.24. The Kier molecular flexibility index (Phi) is 64.1. The Labute approximate surface area is 85.1 Å². The first kappa shape index (κ1) is 22.6. The molecule has 0 saturated heterocycles. The molecule has 0 fully saturated rings. The van der Waals surface area contributed by atoms with E-state index in [0.29, 0.717) is 0 Å². The molecule has 0 aromatic rings. The SMILES string of the molecule is CC[N-]C(C)N.[CH2-]C.[CH2-]C.[Rh+3]. The molecular weight excluding hydrogens is 227 g/mol. The van der Waals surface area contributed by atoms with Gasteiger partial charge in [-0.15, -0.1) is 0 Å². The molecule has 0 amide bonds. The number of hydrogen-bond donors (Lipinski definition) is 1. The Morgan fingerprint density at radius 1 is 1.27 bits per heavy atom. The molecule has 3 heteroatoms. The van der Waals surface area contributed by atoms with Crippen LogP contribution in [0.4, 0.5) is 0 Å². The Morgan fingerprint density at radius 3 is 1.55 bits per heavy atom. The van der Waals surface area contributed by atoms with E-state index in [-0.39, 0.29) is 25.6 Å². The van der Waals surface area contributed by atoms with Crippen LogP contribution < -0.4 is 5.73 Å². The second kappa shape index (κ2) is 31.2. The van der Waals surface area contributed by atoms with E-state index in [1.807, 2.05) is 13.8 Å². The van der Waals surface area contributed by atoms with Crippen LogP contribution in [0.2, 0.25) is 0 Å². The second-order valence-electron chi connectivity index (χ2n) is 1.24. The second-order valence-corrected chi connectivity index (χ2v) is 1.24. The monoisotopic (exact) mass is 248 g/mol. The van der Waals surface area contributed by atoms with Crippen molar-refractivity contribution in [2.45, 2.75) is 33.9 Å². The number of hydrogen-bond acceptors (Lipinski definition) is 1. The van der Waals surface area contributed by atoms with Gasteiger partial charge < -0.3 is 24.9 Å². The van der Waals surface area contributed by atoms with Gasteiger partial charge in [-0.3, -0.25) is 0 Å². The van der Waals surface area contributed by atoms with Gasteiger partial charge in [0.25, 0.3) is 0 Å². The van der Waals surface area contributed by atoms with Crippen molar-refractivity contribution >= 4 is 0 Å². The van der Waals surface area contributed by atoms with Crippen molar-refractivity contribution in [2.75, 3.05) is 6.54 Å². The molecule has 0 heterocycles. The molecule has 2 N–H and O–H groups in total. The maximum Gasteiger partial charge on any atom is 3.00 e. The zero-order valence-corrected chi connectivity index (χ0v) is 9.70. The average Bonchev–Trinajstić information content (AvgIpc) is 1.96. The summed E-state index contributed by atoms with van der Waals surface area (Å²) in [6.45, 7) is 14.7. The van der Waals surface area contributed by atoms with Crippen molar-refractivity contribution in [2.24, 2.45) is 5.73 Å². The molecule has 0 saturated carbocycles. The molecule has 0 aromatic heterocycles. The van der Waals surface area contributed by atoms with Crippen molar-refractivity contribution in [3.05, 3.63) is 19.2 Å². The van der Waals surface area contributed by atoms with Crippen LogP contribution in [0.3, 0.4) is 0 Å². The quantitative estimate of drug-likeness (QED) is 0.591. The Hall–Kier alpha value is 0.543. The van der Waals surface area contributed by atoms with Crippen LogP contribution in [-0.4, -0.2) is 12.7 Å². The fourth-order valence-electron chi connectivity index (χ4n) is 0.288. The van der Waals surface area contributed by atoms with E-state index in [0.717, 1.165) is 6.54 Å². The first-order valence-corrected chi connectivity index (χ1v) is 3.61. The van der Waals surface area contributed by atoms with Crippen LogP contribution in [0.25, 0.3) is 5.32 Å². The molecule has 0 aliphatic rings. The van der Waals surface area contributed by atoms with Crippen LogP contribution >= 0.6 is 0 Å².